The zero-order chi connectivity index (χ0) is 20.4. The van der Waals surface area contributed by atoms with E-state index in [2.05, 4.69) is 20.6 Å². The highest BCUT2D eigenvalue weighted by atomic mass is 19.1. The first kappa shape index (κ1) is 18.9. The lowest BCUT2D eigenvalue weighted by Gasteiger charge is -2.12. The van der Waals surface area contributed by atoms with Crippen molar-refractivity contribution < 1.29 is 8.78 Å². The van der Waals surface area contributed by atoms with E-state index < -0.39 is 5.82 Å². The minimum atomic E-state index is -0.393. The predicted octanol–water partition coefficient (Wildman–Crippen LogP) is 3.74. The van der Waals surface area contributed by atoms with Gasteiger partial charge in [0, 0.05) is 18.7 Å². The van der Waals surface area contributed by atoms with Crippen LogP contribution in [0.15, 0.2) is 54.6 Å². The Bertz CT molecular complexity index is 1160. The van der Waals surface area contributed by atoms with Crippen molar-refractivity contribution in [2.24, 2.45) is 0 Å². The van der Waals surface area contributed by atoms with E-state index in [0.717, 1.165) is 5.56 Å². The number of hydrogen-bond acceptors (Lipinski definition) is 5. The van der Waals surface area contributed by atoms with E-state index in [1.165, 1.54) is 16.6 Å². The number of rotatable bonds is 6. The third-order valence-corrected chi connectivity index (χ3v) is 4.46. The van der Waals surface area contributed by atoms with Crippen LogP contribution in [0.25, 0.3) is 17.0 Å². The number of halogens is 2. The molecule has 0 aliphatic rings. The van der Waals surface area contributed by atoms with Crippen LogP contribution in [-0.2, 0) is 13.1 Å². The average molecular weight is 394 g/mol. The molecule has 0 saturated heterocycles. The SMILES string of the molecule is CN(C)Cc1ccc(CNc2ccc3nnc(-c4ccccc4F)n3n2)cc1F. The highest BCUT2D eigenvalue weighted by Gasteiger charge is 2.13. The minimum Gasteiger partial charge on any atom is -0.365 e. The van der Waals surface area contributed by atoms with Crippen molar-refractivity contribution in [3.8, 4) is 11.4 Å². The van der Waals surface area contributed by atoms with Gasteiger partial charge in [-0.25, -0.2) is 8.78 Å². The molecule has 0 spiro atoms. The lowest BCUT2D eigenvalue weighted by atomic mass is 10.1. The Balaban J connectivity index is 1.55. The fraction of sp³-hybridized carbons (Fsp3) is 0.190. The summed E-state index contributed by atoms with van der Waals surface area (Å²) in [4.78, 5) is 1.92. The third-order valence-electron chi connectivity index (χ3n) is 4.46. The Morgan fingerprint density at radius 2 is 1.79 bits per heavy atom. The van der Waals surface area contributed by atoms with Gasteiger partial charge in [-0.05, 0) is 50.0 Å². The maximum Gasteiger partial charge on any atom is 0.188 e. The van der Waals surface area contributed by atoms with Crippen molar-refractivity contribution in [2.45, 2.75) is 13.1 Å². The van der Waals surface area contributed by atoms with Crippen molar-refractivity contribution in [1.29, 1.82) is 0 Å². The molecule has 2 aromatic carbocycles. The lowest BCUT2D eigenvalue weighted by Crippen LogP contribution is -2.12. The van der Waals surface area contributed by atoms with Gasteiger partial charge < -0.3 is 10.2 Å². The normalized spacial score (nSPS) is 11.3. The van der Waals surface area contributed by atoms with Crippen LogP contribution in [-0.4, -0.2) is 38.8 Å². The van der Waals surface area contributed by atoms with Crippen LogP contribution in [0.3, 0.4) is 0 Å². The average Bonchev–Trinajstić information content (AvgIpc) is 3.11. The highest BCUT2D eigenvalue weighted by molar-refractivity contribution is 5.60. The van der Waals surface area contributed by atoms with Gasteiger partial charge in [0.15, 0.2) is 11.5 Å². The van der Waals surface area contributed by atoms with Crippen molar-refractivity contribution in [3.63, 3.8) is 0 Å². The number of hydrogen-bond donors (Lipinski definition) is 1. The van der Waals surface area contributed by atoms with E-state index in [1.807, 2.05) is 25.1 Å². The Labute approximate surface area is 166 Å². The molecule has 0 saturated carbocycles. The van der Waals surface area contributed by atoms with Crippen molar-refractivity contribution >= 4 is 11.5 Å². The van der Waals surface area contributed by atoms with Gasteiger partial charge in [0.2, 0.25) is 0 Å². The van der Waals surface area contributed by atoms with Crippen LogP contribution >= 0.6 is 0 Å². The van der Waals surface area contributed by atoms with Gasteiger partial charge in [-0.2, -0.15) is 4.52 Å². The molecule has 2 aromatic heterocycles. The second kappa shape index (κ2) is 7.92. The summed E-state index contributed by atoms with van der Waals surface area (Å²) in [5, 5.41) is 15.7. The van der Waals surface area contributed by atoms with Crippen molar-refractivity contribution in [2.75, 3.05) is 19.4 Å². The zero-order valence-corrected chi connectivity index (χ0v) is 16.1. The molecule has 0 bridgehead atoms. The molecule has 1 N–H and O–H groups in total. The second-order valence-electron chi connectivity index (χ2n) is 7.01. The summed E-state index contributed by atoms with van der Waals surface area (Å²) < 4.78 is 29.9. The molecule has 0 atom stereocenters. The van der Waals surface area contributed by atoms with Crippen LogP contribution < -0.4 is 5.32 Å². The molecule has 0 aliphatic heterocycles. The van der Waals surface area contributed by atoms with E-state index >= 15 is 0 Å². The molecule has 2 heterocycles. The summed E-state index contributed by atoms with van der Waals surface area (Å²) in [5.74, 6) is 0.241. The molecule has 0 fully saturated rings. The topological polar surface area (TPSA) is 58.3 Å². The standard InChI is InChI=1S/C21H20F2N6/c1-28(2)13-15-8-7-14(11-18(15)23)12-24-19-9-10-20-25-26-21(29(20)27-19)16-5-3-4-6-17(16)22/h3-11H,12-13H2,1-2H3,(H,24,27). The molecule has 8 heteroatoms. The van der Waals surface area contributed by atoms with Gasteiger partial charge in [-0.15, -0.1) is 15.3 Å². The Hall–Kier alpha value is -3.39. The van der Waals surface area contributed by atoms with Crippen LogP contribution in [0.4, 0.5) is 14.6 Å². The number of anilines is 1. The second-order valence-corrected chi connectivity index (χ2v) is 7.01. The Morgan fingerprint density at radius 1 is 0.966 bits per heavy atom. The quantitative estimate of drug-likeness (QED) is 0.540. The molecule has 0 radical (unpaired) electrons. The van der Waals surface area contributed by atoms with E-state index in [-0.39, 0.29) is 5.82 Å². The maximum absolute atomic E-state index is 14.3. The number of fused-ring (bicyclic) bond motifs is 1. The molecule has 0 amide bonds. The Kier molecular flexibility index (Phi) is 5.18. The largest absolute Gasteiger partial charge is 0.365 e. The maximum atomic E-state index is 14.3. The first-order chi connectivity index (χ1) is 14.0. The van der Waals surface area contributed by atoms with Gasteiger partial charge in [0.25, 0.3) is 0 Å². The predicted molar refractivity (Wildman–Crippen MR) is 107 cm³/mol. The van der Waals surface area contributed by atoms with Crippen LogP contribution in [0.5, 0.6) is 0 Å². The highest BCUT2D eigenvalue weighted by Crippen LogP contribution is 2.21. The van der Waals surface area contributed by atoms with Gasteiger partial charge in [-0.1, -0.05) is 24.3 Å². The molecule has 4 rings (SSSR count). The summed E-state index contributed by atoms with van der Waals surface area (Å²) in [5.41, 5.74) is 2.28. The first-order valence-electron chi connectivity index (χ1n) is 9.14. The van der Waals surface area contributed by atoms with Crippen molar-refractivity contribution in [1.82, 2.24) is 24.7 Å². The van der Waals surface area contributed by atoms with E-state index in [0.29, 0.717) is 41.5 Å². The first-order valence-corrected chi connectivity index (χ1v) is 9.14. The summed E-state index contributed by atoms with van der Waals surface area (Å²) >= 11 is 0. The third kappa shape index (κ3) is 4.07. The fourth-order valence-electron chi connectivity index (χ4n) is 3.06. The summed E-state index contributed by atoms with van der Waals surface area (Å²) in [6.45, 7) is 0.943. The van der Waals surface area contributed by atoms with Gasteiger partial charge in [0.05, 0.1) is 5.56 Å². The van der Waals surface area contributed by atoms with Gasteiger partial charge in [0.1, 0.15) is 17.5 Å². The summed E-state index contributed by atoms with van der Waals surface area (Å²) in [7, 11) is 3.80. The molecular weight excluding hydrogens is 374 g/mol. The van der Waals surface area contributed by atoms with Gasteiger partial charge in [-0.3, -0.25) is 0 Å². The number of aromatic nitrogens is 4. The van der Waals surface area contributed by atoms with Crippen LogP contribution in [0, 0.1) is 11.6 Å². The van der Waals surface area contributed by atoms with E-state index in [9.17, 15) is 8.78 Å². The van der Waals surface area contributed by atoms with E-state index in [4.69, 9.17) is 0 Å². The Morgan fingerprint density at radius 3 is 2.55 bits per heavy atom. The molecule has 0 aliphatic carbocycles. The molecule has 4 aromatic rings. The van der Waals surface area contributed by atoms with E-state index in [1.54, 1.807) is 36.4 Å². The summed E-state index contributed by atoms with van der Waals surface area (Å²) in [6, 6.07) is 15.0. The summed E-state index contributed by atoms with van der Waals surface area (Å²) in [6.07, 6.45) is 0. The molecular formula is C21H20F2N6. The smallest absolute Gasteiger partial charge is 0.188 e. The molecule has 6 nitrogen and oxygen atoms in total. The zero-order valence-electron chi connectivity index (χ0n) is 16.1. The minimum absolute atomic E-state index is 0.234. The number of benzene rings is 2. The number of nitrogens with zero attached hydrogens (tertiary/aromatic N) is 5. The van der Waals surface area contributed by atoms with Gasteiger partial charge >= 0.3 is 0 Å². The molecule has 0 unspecified atom stereocenters. The van der Waals surface area contributed by atoms with Crippen LogP contribution in [0.2, 0.25) is 0 Å². The fourth-order valence-corrected chi connectivity index (χ4v) is 3.06. The van der Waals surface area contributed by atoms with Crippen LogP contribution in [0.1, 0.15) is 11.1 Å². The van der Waals surface area contributed by atoms with Crippen molar-refractivity contribution in [3.05, 3.63) is 77.4 Å². The monoisotopic (exact) mass is 394 g/mol. The number of nitrogens with one attached hydrogen (secondary N) is 1. The lowest BCUT2D eigenvalue weighted by molar-refractivity contribution is 0.392. The molecule has 148 valence electrons. The molecule has 29 heavy (non-hydrogen) atoms.